The molecule has 0 spiro atoms. The van der Waals surface area contributed by atoms with Crippen molar-refractivity contribution in [1.29, 1.82) is 0 Å². The Bertz CT molecular complexity index is 175. The van der Waals surface area contributed by atoms with Crippen molar-refractivity contribution in [1.82, 2.24) is 0 Å². The molecule has 6 N–H and O–H groups in total. The molecule has 0 aromatic rings. The van der Waals surface area contributed by atoms with Crippen LogP contribution in [-0.4, -0.2) is 18.4 Å². The zero-order valence-corrected chi connectivity index (χ0v) is 7.83. The van der Waals surface area contributed by atoms with Crippen molar-refractivity contribution in [2.24, 2.45) is 22.2 Å². The Labute approximate surface area is 78.4 Å². The number of aliphatic imine (C=N–C) groups is 1. The maximum absolute atomic E-state index is 10.3. The maximum Gasteiger partial charge on any atom is 0.217 e. The second-order valence-corrected chi connectivity index (χ2v) is 2.94. The number of rotatable bonds is 7. The van der Waals surface area contributed by atoms with Gasteiger partial charge in [0.25, 0.3) is 0 Å². The standard InChI is InChI=1S/C8H18N4O/c9-7(13)5-3-1-2-4-6-12-8(10)11/h1-6H2,(H2,9,13)(H4,10,11,12)/i8+2. The average molecular weight is 188 g/mol. The zero-order valence-electron chi connectivity index (χ0n) is 7.83. The van der Waals surface area contributed by atoms with Gasteiger partial charge in [0.2, 0.25) is 5.91 Å². The molecule has 5 heteroatoms. The third kappa shape index (κ3) is 10.7. The van der Waals surface area contributed by atoms with Gasteiger partial charge in [-0.15, -0.1) is 0 Å². The molecular formula is C8H18N4O. The molecule has 76 valence electrons. The van der Waals surface area contributed by atoms with Crippen LogP contribution in [-0.2, 0) is 4.79 Å². The fourth-order valence-electron chi connectivity index (χ4n) is 0.973. The van der Waals surface area contributed by atoms with Gasteiger partial charge in [-0.3, -0.25) is 9.79 Å². The lowest BCUT2D eigenvalue weighted by Gasteiger charge is -1.97. The molecule has 0 aromatic heterocycles. The Hall–Kier alpha value is -1.26. The Morgan fingerprint density at radius 3 is 2.31 bits per heavy atom. The van der Waals surface area contributed by atoms with E-state index in [1.807, 2.05) is 0 Å². The summed E-state index contributed by atoms with van der Waals surface area (Å²) >= 11 is 0. The minimum absolute atomic E-state index is 0.136. The summed E-state index contributed by atoms with van der Waals surface area (Å²) < 4.78 is 0. The van der Waals surface area contributed by atoms with E-state index in [2.05, 4.69) is 4.99 Å². The summed E-state index contributed by atoms with van der Waals surface area (Å²) in [5.74, 6) is -0.0960. The largest absolute Gasteiger partial charge is 0.370 e. The predicted octanol–water partition coefficient (Wildman–Crippen LogP) is -0.304. The first kappa shape index (κ1) is 11.7. The van der Waals surface area contributed by atoms with E-state index in [9.17, 15) is 4.79 Å². The summed E-state index contributed by atoms with van der Waals surface area (Å²) in [7, 11) is 0. The van der Waals surface area contributed by atoms with Crippen molar-refractivity contribution in [2.75, 3.05) is 6.54 Å². The molecule has 0 fully saturated rings. The van der Waals surface area contributed by atoms with Gasteiger partial charge in [0, 0.05) is 13.0 Å². The summed E-state index contributed by atoms with van der Waals surface area (Å²) in [6.45, 7) is 0.666. The Kier molecular flexibility index (Phi) is 6.68. The van der Waals surface area contributed by atoms with Gasteiger partial charge in [-0.05, 0) is 12.8 Å². The van der Waals surface area contributed by atoms with Crippen molar-refractivity contribution >= 4 is 11.9 Å². The van der Waals surface area contributed by atoms with E-state index in [4.69, 9.17) is 17.2 Å². The fourth-order valence-corrected chi connectivity index (χ4v) is 0.973. The fraction of sp³-hybridized carbons (Fsp3) is 0.750. The predicted molar refractivity (Wildman–Crippen MR) is 53.0 cm³/mol. The number of nitrogens with two attached hydrogens (primary N) is 3. The lowest BCUT2D eigenvalue weighted by atomic mass is 10.1. The smallest absolute Gasteiger partial charge is 0.217 e. The molecule has 0 radical (unpaired) electrons. The normalized spacial score (nSPS) is 9.54. The lowest BCUT2D eigenvalue weighted by molar-refractivity contribution is -0.118. The molecule has 0 atom stereocenters. The first-order valence-corrected chi connectivity index (χ1v) is 4.46. The van der Waals surface area contributed by atoms with E-state index in [1.165, 1.54) is 0 Å². The summed E-state index contributed by atoms with van der Waals surface area (Å²) in [5.41, 5.74) is 15.3. The van der Waals surface area contributed by atoms with Crippen LogP contribution in [0.5, 0.6) is 0 Å². The van der Waals surface area contributed by atoms with Gasteiger partial charge in [0.15, 0.2) is 5.96 Å². The van der Waals surface area contributed by atoms with Crippen LogP contribution in [0, 0.1) is 0 Å². The molecule has 1 amide bonds. The van der Waals surface area contributed by atoms with Crippen molar-refractivity contribution in [3.8, 4) is 0 Å². The van der Waals surface area contributed by atoms with E-state index >= 15 is 0 Å². The number of hydrogen-bond acceptors (Lipinski definition) is 2. The third-order valence-corrected chi connectivity index (χ3v) is 1.63. The van der Waals surface area contributed by atoms with Crippen LogP contribution in [0.15, 0.2) is 4.99 Å². The van der Waals surface area contributed by atoms with Gasteiger partial charge in [0.1, 0.15) is 0 Å². The first-order valence-electron chi connectivity index (χ1n) is 4.46. The monoisotopic (exact) mass is 188 g/mol. The zero-order chi connectivity index (χ0) is 10.1. The van der Waals surface area contributed by atoms with Crippen molar-refractivity contribution in [2.45, 2.75) is 32.1 Å². The van der Waals surface area contributed by atoms with Crippen LogP contribution >= 0.6 is 0 Å². The molecule has 0 aliphatic rings. The molecule has 13 heavy (non-hydrogen) atoms. The second kappa shape index (κ2) is 7.39. The van der Waals surface area contributed by atoms with Gasteiger partial charge < -0.3 is 17.2 Å². The maximum atomic E-state index is 10.3. The highest BCUT2D eigenvalue weighted by Crippen LogP contribution is 2.02. The molecule has 0 aliphatic carbocycles. The molecule has 0 saturated carbocycles. The van der Waals surface area contributed by atoms with Crippen LogP contribution < -0.4 is 17.2 Å². The number of unbranched alkanes of at least 4 members (excludes halogenated alkanes) is 3. The van der Waals surface area contributed by atoms with Crippen molar-refractivity contribution in [3.05, 3.63) is 0 Å². The highest BCUT2D eigenvalue weighted by molar-refractivity contribution is 5.75. The van der Waals surface area contributed by atoms with Crippen LogP contribution in [0.3, 0.4) is 0 Å². The van der Waals surface area contributed by atoms with Gasteiger partial charge in [-0.2, -0.15) is 0 Å². The quantitative estimate of drug-likeness (QED) is 0.290. The Morgan fingerprint density at radius 1 is 1.15 bits per heavy atom. The Balaban J connectivity index is 3.09. The number of carbonyl (C=O) groups excluding carboxylic acids is 1. The van der Waals surface area contributed by atoms with Crippen LogP contribution in [0.1, 0.15) is 32.1 Å². The highest BCUT2D eigenvalue weighted by Gasteiger charge is 1.93. The van der Waals surface area contributed by atoms with Crippen LogP contribution in [0.4, 0.5) is 0 Å². The first-order chi connectivity index (χ1) is 6.13. The summed E-state index contributed by atoms with van der Waals surface area (Å²) in [5, 5.41) is 0. The van der Waals surface area contributed by atoms with E-state index in [1.54, 1.807) is 0 Å². The molecule has 0 aliphatic heterocycles. The molecule has 0 saturated heterocycles. The minimum Gasteiger partial charge on any atom is -0.370 e. The molecule has 0 bridgehead atoms. The number of amides is 1. The summed E-state index contributed by atoms with van der Waals surface area (Å²) in [4.78, 5) is 14.2. The Morgan fingerprint density at radius 2 is 1.77 bits per heavy atom. The molecule has 0 rings (SSSR count). The molecule has 0 unspecified atom stereocenters. The van der Waals surface area contributed by atoms with E-state index in [0.29, 0.717) is 13.0 Å². The van der Waals surface area contributed by atoms with Gasteiger partial charge >= 0.3 is 0 Å². The number of nitrogens with zero attached hydrogens (tertiary/aromatic N) is 1. The molecular weight excluding hydrogens is 170 g/mol. The molecule has 5 nitrogen and oxygen atoms in total. The second-order valence-electron chi connectivity index (χ2n) is 2.94. The van der Waals surface area contributed by atoms with Crippen LogP contribution in [0.2, 0.25) is 0 Å². The minimum atomic E-state index is -0.232. The average Bonchev–Trinajstić information content (AvgIpc) is 2.01. The molecule has 0 heterocycles. The SMILES string of the molecule is NC(=O)CCCCCCN=[14C](N)N. The summed E-state index contributed by atoms with van der Waals surface area (Å²) in [6, 6.07) is 0. The number of guanidine groups is 1. The van der Waals surface area contributed by atoms with Crippen molar-refractivity contribution < 1.29 is 4.79 Å². The lowest BCUT2D eigenvalue weighted by Crippen LogP contribution is -2.22. The van der Waals surface area contributed by atoms with Gasteiger partial charge in [-0.25, -0.2) is 0 Å². The van der Waals surface area contributed by atoms with Crippen molar-refractivity contribution in [3.63, 3.8) is 0 Å². The summed E-state index contributed by atoms with van der Waals surface area (Å²) in [6.07, 6.45) is 4.32. The van der Waals surface area contributed by atoms with Gasteiger partial charge in [0.05, 0.1) is 0 Å². The van der Waals surface area contributed by atoms with Gasteiger partial charge in [-0.1, -0.05) is 12.8 Å². The number of carbonyl (C=O) groups is 1. The number of primary amides is 1. The molecule has 0 aromatic carbocycles. The van der Waals surface area contributed by atoms with E-state index in [-0.39, 0.29) is 11.9 Å². The topological polar surface area (TPSA) is 107 Å². The number of hydrogen-bond donors (Lipinski definition) is 3. The van der Waals surface area contributed by atoms with E-state index in [0.717, 1.165) is 25.7 Å². The van der Waals surface area contributed by atoms with E-state index < -0.39 is 0 Å². The third-order valence-electron chi connectivity index (χ3n) is 1.63. The van der Waals surface area contributed by atoms with Crippen LogP contribution in [0.25, 0.3) is 0 Å². The highest BCUT2D eigenvalue weighted by atomic mass is 16.1.